The van der Waals surface area contributed by atoms with Gasteiger partial charge < -0.3 is 10.8 Å². The zero-order valence-electron chi connectivity index (χ0n) is 14.3. The van der Waals surface area contributed by atoms with E-state index in [1.165, 1.54) is 12.2 Å². The second kappa shape index (κ2) is 8.80. The number of benzene rings is 1. The lowest BCUT2D eigenvalue weighted by Crippen LogP contribution is -2.35. The fourth-order valence-electron chi connectivity index (χ4n) is 2.58. The molecule has 26 heavy (non-hydrogen) atoms. The zero-order chi connectivity index (χ0) is 19.1. The number of anilines is 1. The van der Waals surface area contributed by atoms with Crippen molar-refractivity contribution < 1.29 is 24.3 Å². The second-order valence-electron chi connectivity index (χ2n) is 5.98. The van der Waals surface area contributed by atoms with Gasteiger partial charge in [0.25, 0.3) is 11.8 Å². The van der Waals surface area contributed by atoms with E-state index in [-0.39, 0.29) is 24.8 Å². The summed E-state index contributed by atoms with van der Waals surface area (Å²) in [5, 5.41) is 9.26. The first-order valence-electron chi connectivity index (χ1n) is 8.29. The number of carboxylic acid groups (broad SMARTS) is 1. The zero-order valence-corrected chi connectivity index (χ0v) is 14.3. The van der Waals surface area contributed by atoms with Crippen LogP contribution >= 0.6 is 0 Å². The number of carbonyl (C=O) groups is 4. The molecule has 8 nitrogen and oxygen atoms in total. The minimum Gasteiger partial charge on any atom is -0.465 e. The Morgan fingerprint density at radius 1 is 1.00 bits per heavy atom. The van der Waals surface area contributed by atoms with Gasteiger partial charge in [-0.3, -0.25) is 19.3 Å². The highest BCUT2D eigenvalue weighted by Crippen LogP contribution is 2.12. The fraction of sp³-hybridized carbons (Fsp3) is 0.333. The number of hydrogen-bond acceptors (Lipinski definition) is 5. The third kappa shape index (κ3) is 5.17. The summed E-state index contributed by atoms with van der Waals surface area (Å²) in [5.74, 6) is -1.14. The van der Waals surface area contributed by atoms with Crippen molar-refractivity contribution in [3.8, 4) is 0 Å². The summed E-state index contributed by atoms with van der Waals surface area (Å²) < 4.78 is 0. The number of imide groups is 2. The Morgan fingerprint density at radius 3 is 2.19 bits per heavy atom. The number of unbranched alkanes of at least 4 members (excludes halogenated alkanes) is 2. The van der Waals surface area contributed by atoms with Crippen LogP contribution < -0.4 is 5.73 Å². The van der Waals surface area contributed by atoms with Gasteiger partial charge in [0.1, 0.15) is 0 Å². The van der Waals surface area contributed by atoms with Gasteiger partial charge in [-0.05, 0) is 30.5 Å². The predicted molar refractivity (Wildman–Crippen MR) is 93.8 cm³/mol. The van der Waals surface area contributed by atoms with Crippen molar-refractivity contribution in [3.05, 3.63) is 42.0 Å². The molecule has 0 unspecified atom stereocenters. The maximum atomic E-state index is 12.2. The Kier molecular flexibility index (Phi) is 6.48. The molecule has 0 radical (unpaired) electrons. The molecule has 3 N–H and O–H groups in total. The Hall–Kier alpha value is -3.16. The van der Waals surface area contributed by atoms with Gasteiger partial charge in [-0.15, -0.1) is 0 Å². The molecular formula is C18H21N3O5. The van der Waals surface area contributed by atoms with Crippen LogP contribution in [0.3, 0.4) is 0 Å². The number of amides is 4. The number of hydrogen-bond donors (Lipinski definition) is 2. The summed E-state index contributed by atoms with van der Waals surface area (Å²) in [4.78, 5) is 48.2. The smallest absolute Gasteiger partial charge is 0.414 e. The van der Waals surface area contributed by atoms with Crippen LogP contribution in [-0.4, -0.2) is 45.3 Å². The van der Waals surface area contributed by atoms with Crippen molar-refractivity contribution in [2.45, 2.75) is 32.2 Å². The van der Waals surface area contributed by atoms with Gasteiger partial charge in [0.2, 0.25) is 5.91 Å². The van der Waals surface area contributed by atoms with Crippen LogP contribution in [0.1, 0.15) is 31.2 Å². The van der Waals surface area contributed by atoms with Crippen molar-refractivity contribution in [2.24, 2.45) is 0 Å². The molecule has 4 amide bonds. The van der Waals surface area contributed by atoms with E-state index in [2.05, 4.69) is 0 Å². The first-order chi connectivity index (χ1) is 12.4. The van der Waals surface area contributed by atoms with Crippen LogP contribution in [0, 0.1) is 0 Å². The number of nitrogen functional groups attached to an aromatic ring is 1. The number of rotatable bonds is 8. The van der Waals surface area contributed by atoms with E-state index in [1.54, 1.807) is 24.3 Å². The number of nitrogens with two attached hydrogens (primary N) is 1. The molecule has 0 aromatic heterocycles. The molecule has 1 aliphatic heterocycles. The van der Waals surface area contributed by atoms with Crippen LogP contribution in [0.5, 0.6) is 0 Å². The van der Waals surface area contributed by atoms with Crippen molar-refractivity contribution in [1.29, 1.82) is 0 Å². The summed E-state index contributed by atoms with van der Waals surface area (Å²) in [5.41, 5.74) is 6.82. The molecule has 2 rings (SSSR count). The highest BCUT2D eigenvalue weighted by molar-refractivity contribution is 6.12. The number of nitrogens with zero attached hydrogens (tertiary/aromatic N) is 2. The van der Waals surface area contributed by atoms with Crippen LogP contribution in [0.4, 0.5) is 10.5 Å². The minimum absolute atomic E-state index is 0.0309. The lowest BCUT2D eigenvalue weighted by molar-refractivity contribution is -0.137. The fourth-order valence-corrected chi connectivity index (χ4v) is 2.58. The molecule has 0 bridgehead atoms. The molecule has 0 atom stereocenters. The van der Waals surface area contributed by atoms with Gasteiger partial charge in [0.05, 0.1) is 6.54 Å². The maximum Gasteiger partial charge on any atom is 0.414 e. The summed E-state index contributed by atoms with van der Waals surface area (Å²) in [7, 11) is 0. The van der Waals surface area contributed by atoms with Crippen LogP contribution in [-0.2, 0) is 20.9 Å². The first kappa shape index (κ1) is 19.2. The Labute approximate surface area is 150 Å². The van der Waals surface area contributed by atoms with Gasteiger partial charge in [0, 0.05) is 30.8 Å². The van der Waals surface area contributed by atoms with Crippen molar-refractivity contribution in [3.63, 3.8) is 0 Å². The molecule has 1 aliphatic rings. The summed E-state index contributed by atoms with van der Waals surface area (Å²) in [6.45, 7) is 0.268. The summed E-state index contributed by atoms with van der Waals surface area (Å²) in [6.07, 6.45) is 2.90. The van der Waals surface area contributed by atoms with Gasteiger partial charge in [0.15, 0.2) is 0 Å². The van der Waals surface area contributed by atoms with Crippen molar-refractivity contribution in [1.82, 2.24) is 9.80 Å². The SMILES string of the molecule is Nc1ccc(CN(C(=O)O)C(=O)CCCCCN2C(=O)C=CC2=O)cc1. The second-order valence-corrected chi connectivity index (χ2v) is 5.98. The molecule has 0 spiro atoms. The van der Waals surface area contributed by atoms with Gasteiger partial charge in [-0.1, -0.05) is 18.6 Å². The molecule has 0 saturated carbocycles. The highest BCUT2D eigenvalue weighted by atomic mass is 16.4. The van der Waals surface area contributed by atoms with Crippen LogP contribution in [0.15, 0.2) is 36.4 Å². The van der Waals surface area contributed by atoms with Crippen molar-refractivity contribution in [2.75, 3.05) is 12.3 Å². The quantitative estimate of drug-likeness (QED) is 0.414. The molecule has 1 heterocycles. The van der Waals surface area contributed by atoms with E-state index in [4.69, 9.17) is 5.73 Å². The number of carbonyl (C=O) groups excluding carboxylic acids is 3. The molecule has 1 aromatic rings. The third-order valence-electron chi connectivity index (χ3n) is 4.03. The van der Waals surface area contributed by atoms with Gasteiger partial charge >= 0.3 is 6.09 Å². The predicted octanol–water partition coefficient (Wildman–Crippen LogP) is 1.76. The topological polar surface area (TPSA) is 121 Å². The largest absolute Gasteiger partial charge is 0.465 e. The van der Waals surface area contributed by atoms with E-state index >= 15 is 0 Å². The van der Waals surface area contributed by atoms with E-state index in [0.29, 0.717) is 37.1 Å². The highest BCUT2D eigenvalue weighted by Gasteiger charge is 2.23. The van der Waals surface area contributed by atoms with Crippen molar-refractivity contribution >= 4 is 29.5 Å². The first-order valence-corrected chi connectivity index (χ1v) is 8.29. The average molecular weight is 359 g/mol. The Balaban J connectivity index is 1.75. The van der Waals surface area contributed by atoms with E-state index < -0.39 is 12.0 Å². The lowest BCUT2D eigenvalue weighted by atomic mass is 10.1. The Bertz CT molecular complexity index is 709. The monoisotopic (exact) mass is 359 g/mol. The standard InChI is InChI=1S/C18H21N3O5/c19-14-7-5-13(6-8-14)12-21(18(25)26)15(22)4-2-1-3-11-20-16(23)9-10-17(20)24/h5-10H,1-4,11-12,19H2,(H,25,26). The maximum absolute atomic E-state index is 12.2. The van der Waals surface area contributed by atoms with E-state index in [0.717, 1.165) is 9.80 Å². The molecule has 1 aromatic carbocycles. The van der Waals surface area contributed by atoms with Gasteiger partial charge in [-0.2, -0.15) is 0 Å². The Morgan fingerprint density at radius 2 is 1.62 bits per heavy atom. The minimum atomic E-state index is -1.30. The van der Waals surface area contributed by atoms with E-state index in [1.807, 2.05) is 0 Å². The molecule has 8 heteroatoms. The molecule has 138 valence electrons. The normalized spacial score (nSPS) is 13.3. The van der Waals surface area contributed by atoms with Crippen LogP contribution in [0.2, 0.25) is 0 Å². The molecular weight excluding hydrogens is 338 g/mol. The molecule has 0 saturated heterocycles. The molecule has 0 fully saturated rings. The van der Waals surface area contributed by atoms with Gasteiger partial charge in [-0.25, -0.2) is 9.69 Å². The molecule has 0 aliphatic carbocycles. The third-order valence-corrected chi connectivity index (χ3v) is 4.03. The summed E-state index contributed by atoms with van der Waals surface area (Å²) >= 11 is 0. The van der Waals surface area contributed by atoms with Crippen LogP contribution in [0.25, 0.3) is 0 Å². The lowest BCUT2D eigenvalue weighted by Gasteiger charge is -2.18. The average Bonchev–Trinajstić information content (AvgIpc) is 2.92. The van der Waals surface area contributed by atoms with E-state index in [9.17, 15) is 24.3 Å². The summed E-state index contributed by atoms with van der Waals surface area (Å²) in [6, 6.07) is 6.65.